The van der Waals surface area contributed by atoms with E-state index in [-0.39, 0.29) is 24.2 Å². The van der Waals surface area contributed by atoms with Gasteiger partial charge in [-0.1, -0.05) is 26.0 Å². The Morgan fingerprint density at radius 1 is 1.18 bits per heavy atom. The number of halogens is 1. The number of nitrogens with two attached hydrogens (primary N) is 1. The first kappa shape index (κ1) is 19.3. The second-order valence-corrected chi connectivity index (χ2v) is 6.73. The van der Waals surface area contributed by atoms with Crippen LogP contribution in [0.2, 0.25) is 0 Å². The van der Waals surface area contributed by atoms with Crippen LogP contribution in [0.5, 0.6) is 0 Å². The fourth-order valence-electron chi connectivity index (χ4n) is 2.99. The molecule has 3 N–H and O–H groups in total. The van der Waals surface area contributed by atoms with Gasteiger partial charge in [0, 0.05) is 12.1 Å². The number of amides is 2. The summed E-state index contributed by atoms with van der Waals surface area (Å²) in [7, 11) is 0. The van der Waals surface area contributed by atoms with Crippen LogP contribution in [0, 0.1) is 5.82 Å². The average molecular weight is 380 g/mol. The lowest BCUT2D eigenvalue weighted by atomic mass is 10.0. The van der Waals surface area contributed by atoms with Crippen LogP contribution in [0.4, 0.5) is 4.39 Å². The zero-order valence-corrected chi connectivity index (χ0v) is 15.6. The molecule has 3 rings (SSSR count). The van der Waals surface area contributed by atoms with Crippen molar-refractivity contribution in [3.05, 3.63) is 82.9 Å². The summed E-state index contributed by atoms with van der Waals surface area (Å²) < 4.78 is 14.9. The van der Waals surface area contributed by atoms with E-state index in [1.807, 2.05) is 13.8 Å². The Morgan fingerprint density at radius 3 is 2.54 bits per heavy atom. The first-order valence-electron chi connectivity index (χ1n) is 8.87. The summed E-state index contributed by atoms with van der Waals surface area (Å²) in [5.41, 5.74) is 8.30. The van der Waals surface area contributed by atoms with Gasteiger partial charge in [-0.2, -0.15) is 5.10 Å². The lowest BCUT2D eigenvalue weighted by Gasteiger charge is -2.13. The highest BCUT2D eigenvalue weighted by Gasteiger charge is 2.20. The largest absolute Gasteiger partial charge is 0.366 e. The van der Waals surface area contributed by atoms with Crippen molar-refractivity contribution >= 4 is 11.8 Å². The predicted molar refractivity (Wildman–Crippen MR) is 104 cm³/mol. The molecular formula is C21H21FN4O2. The first-order valence-corrected chi connectivity index (χ1v) is 8.87. The van der Waals surface area contributed by atoms with Crippen molar-refractivity contribution in [3.8, 4) is 5.69 Å². The third-order valence-electron chi connectivity index (χ3n) is 4.33. The van der Waals surface area contributed by atoms with E-state index in [0.29, 0.717) is 16.8 Å². The van der Waals surface area contributed by atoms with Gasteiger partial charge in [0.2, 0.25) is 5.91 Å². The van der Waals surface area contributed by atoms with E-state index in [4.69, 9.17) is 5.73 Å². The summed E-state index contributed by atoms with van der Waals surface area (Å²) in [5.74, 6) is -1.11. The van der Waals surface area contributed by atoms with Gasteiger partial charge in [-0.15, -0.1) is 0 Å². The van der Waals surface area contributed by atoms with E-state index < -0.39 is 5.91 Å². The normalized spacial score (nSPS) is 10.9. The summed E-state index contributed by atoms with van der Waals surface area (Å²) in [5, 5.41) is 7.17. The number of aromatic nitrogens is 2. The number of benzene rings is 2. The number of nitrogens with zero attached hydrogens (tertiary/aromatic N) is 2. The molecule has 0 fully saturated rings. The number of rotatable bonds is 6. The van der Waals surface area contributed by atoms with Gasteiger partial charge in [0.1, 0.15) is 5.82 Å². The third-order valence-corrected chi connectivity index (χ3v) is 4.33. The molecule has 0 radical (unpaired) electrons. The van der Waals surface area contributed by atoms with E-state index in [1.165, 1.54) is 18.3 Å². The van der Waals surface area contributed by atoms with Crippen molar-refractivity contribution in [2.45, 2.75) is 26.3 Å². The molecule has 6 nitrogen and oxygen atoms in total. The van der Waals surface area contributed by atoms with Gasteiger partial charge in [0.05, 0.1) is 23.1 Å². The summed E-state index contributed by atoms with van der Waals surface area (Å²) in [6.07, 6.45) is 1.51. The van der Waals surface area contributed by atoms with Gasteiger partial charge in [-0.05, 0) is 47.9 Å². The highest BCUT2D eigenvalue weighted by molar-refractivity contribution is 5.95. The lowest BCUT2D eigenvalue weighted by Crippen LogP contribution is -2.24. The Hall–Kier alpha value is -3.48. The molecule has 144 valence electrons. The van der Waals surface area contributed by atoms with Gasteiger partial charge < -0.3 is 11.1 Å². The molecule has 2 aromatic carbocycles. The highest BCUT2D eigenvalue weighted by atomic mass is 19.1. The standard InChI is InChI=1S/C21H21FN4O2/c1-13(2)19-18(12-25-26(19)17-8-6-16(22)7-9-17)21(28)24-11-14-4-3-5-15(10-14)20(23)27/h3-10,12-13H,11H2,1-2H3,(H2,23,27)(H,24,28). The Kier molecular flexibility index (Phi) is 5.54. The molecule has 0 aliphatic carbocycles. The minimum absolute atomic E-state index is 0.0199. The number of carbonyl (C=O) groups is 2. The Morgan fingerprint density at radius 2 is 1.89 bits per heavy atom. The maximum Gasteiger partial charge on any atom is 0.255 e. The van der Waals surface area contributed by atoms with Crippen LogP contribution in [0.1, 0.15) is 51.7 Å². The Bertz CT molecular complexity index is 1010. The summed E-state index contributed by atoms with van der Waals surface area (Å²) in [6, 6.07) is 12.7. The third kappa shape index (κ3) is 4.09. The van der Waals surface area contributed by atoms with Crippen molar-refractivity contribution in [1.82, 2.24) is 15.1 Å². The summed E-state index contributed by atoms with van der Waals surface area (Å²) in [4.78, 5) is 24.0. The Balaban J connectivity index is 1.83. The van der Waals surface area contributed by atoms with E-state index in [1.54, 1.807) is 41.1 Å². The van der Waals surface area contributed by atoms with E-state index in [0.717, 1.165) is 11.3 Å². The van der Waals surface area contributed by atoms with Crippen LogP contribution < -0.4 is 11.1 Å². The van der Waals surface area contributed by atoms with Crippen LogP contribution in [0.25, 0.3) is 5.69 Å². The minimum Gasteiger partial charge on any atom is -0.366 e. The molecular weight excluding hydrogens is 359 g/mol. The van der Waals surface area contributed by atoms with Gasteiger partial charge in [-0.25, -0.2) is 9.07 Å². The molecule has 3 aromatic rings. The zero-order chi connectivity index (χ0) is 20.3. The molecule has 0 saturated carbocycles. The zero-order valence-electron chi connectivity index (χ0n) is 15.6. The quantitative estimate of drug-likeness (QED) is 0.688. The number of hydrogen-bond acceptors (Lipinski definition) is 3. The van der Waals surface area contributed by atoms with Gasteiger partial charge in [0.15, 0.2) is 0 Å². The van der Waals surface area contributed by atoms with Crippen molar-refractivity contribution in [1.29, 1.82) is 0 Å². The molecule has 0 spiro atoms. The molecule has 1 heterocycles. The number of nitrogens with one attached hydrogen (secondary N) is 1. The van der Waals surface area contributed by atoms with Crippen LogP contribution in [-0.4, -0.2) is 21.6 Å². The molecule has 0 bridgehead atoms. The highest BCUT2D eigenvalue weighted by Crippen LogP contribution is 2.23. The monoisotopic (exact) mass is 380 g/mol. The van der Waals surface area contributed by atoms with Gasteiger partial charge in [-0.3, -0.25) is 9.59 Å². The van der Waals surface area contributed by atoms with Crippen molar-refractivity contribution < 1.29 is 14.0 Å². The predicted octanol–water partition coefficient (Wildman–Crippen LogP) is 3.16. The van der Waals surface area contributed by atoms with Crippen molar-refractivity contribution in [3.63, 3.8) is 0 Å². The van der Waals surface area contributed by atoms with E-state index in [2.05, 4.69) is 10.4 Å². The molecule has 0 unspecified atom stereocenters. The fraction of sp³-hybridized carbons (Fsp3) is 0.190. The maximum atomic E-state index is 13.2. The second-order valence-electron chi connectivity index (χ2n) is 6.73. The van der Waals surface area contributed by atoms with Crippen LogP contribution in [0.3, 0.4) is 0 Å². The maximum absolute atomic E-state index is 13.2. The number of primary amides is 1. The number of carbonyl (C=O) groups excluding carboxylic acids is 2. The smallest absolute Gasteiger partial charge is 0.255 e. The fourth-order valence-corrected chi connectivity index (χ4v) is 2.99. The average Bonchev–Trinajstić information content (AvgIpc) is 3.12. The van der Waals surface area contributed by atoms with Gasteiger partial charge in [0.25, 0.3) is 5.91 Å². The number of hydrogen-bond donors (Lipinski definition) is 2. The van der Waals surface area contributed by atoms with E-state index in [9.17, 15) is 14.0 Å². The summed E-state index contributed by atoms with van der Waals surface area (Å²) in [6.45, 7) is 4.17. The van der Waals surface area contributed by atoms with E-state index >= 15 is 0 Å². The van der Waals surface area contributed by atoms with Gasteiger partial charge >= 0.3 is 0 Å². The summed E-state index contributed by atoms with van der Waals surface area (Å²) >= 11 is 0. The van der Waals surface area contributed by atoms with Crippen molar-refractivity contribution in [2.75, 3.05) is 0 Å². The second kappa shape index (κ2) is 8.04. The van der Waals surface area contributed by atoms with Crippen molar-refractivity contribution in [2.24, 2.45) is 5.73 Å². The molecule has 2 amide bonds. The molecule has 7 heteroatoms. The topological polar surface area (TPSA) is 90.0 Å². The molecule has 28 heavy (non-hydrogen) atoms. The molecule has 0 aliphatic heterocycles. The molecule has 0 atom stereocenters. The SMILES string of the molecule is CC(C)c1c(C(=O)NCc2cccc(C(N)=O)c2)cnn1-c1ccc(F)cc1. The first-order chi connectivity index (χ1) is 13.4. The van der Waals surface area contributed by atoms with Crippen LogP contribution >= 0.6 is 0 Å². The van der Waals surface area contributed by atoms with Crippen LogP contribution in [-0.2, 0) is 6.54 Å². The molecule has 1 aromatic heterocycles. The Labute approximate surface area is 162 Å². The minimum atomic E-state index is -0.518. The molecule has 0 aliphatic rings. The van der Waals surface area contributed by atoms with Crippen LogP contribution in [0.15, 0.2) is 54.7 Å². The lowest BCUT2D eigenvalue weighted by molar-refractivity contribution is 0.0949. The molecule has 0 saturated heterocycles.